The highest BCUT2D eigenvalue weighted by Crippen LogP contribution is 2.23. The van der Waals surface area contributed by atoms with Crippen LogP contribution in [0.1, 0.15) is 30.2 Å². The van der Waals surface area contributed by atoms with Gasteiger partial charge in [-0.2, -0.15) is 5.10 Å². The zero-order valence-corrected chi connectivity index (χ0v) is 16.1. The number of hydrazone groups is 1. The van der Waals surface area contributed by atoms with E-state index in [0.29, 0.717) is 42.5 Å². The summed E-state index contributed by atoms with van der Waals surface area (Å²) in [7, 11) is 0. The second-order valence-electron chi connectivity index (χ2n) is 6.01. The predicted octanol–water partition coefficient (Wildman–Crippen LogP) is 3.93. The van der Waals surface area contributed by atoms with Crippen molar-refractivity contribution in [3.63, 3.8) is 0 Å². The van der Waals surface area contributed by atoms with E-state index >= 15 is 0 Å². The van der Waals surface area contributed by atoms with Crippen LogP contribution in [-0.4, -0.2) is 34.0 Å². The SMILES string of the molecule is CCN(Cc1ccc(Cl)s1)C(=O)C1=NN(Cc2ccccc2)C(=O)CC1. The van der Waals surface area contributed by atoms with Crippen molar-refractivity contribution in [3.05, 3.63) is 57.2 Å². The number of carbonyl (C=O) groups excluding carboxylic acids is 2. The van der Waals surface area contributed by atoms with E-state index in [1.54, 1.807) is 4.90 Å². The molecule has 2 heterocycles. The third kappa shape index (κ3) is 4.51. The van der Waals surface area contributed by atoms with Crippen molar-refractivity contribution in [2.24, 2.45) is 5.10 Å². The summed E-state index contributed by atoms with van der Waals surface area (Å²) in [6.07, 6.45) is 0.685. The standard InChI is InChI=1S/C19H20ClN3O2S/c1-2-22(13-15-8-10-17(20)26-15)19(25)16-9-11-18(24)23(21-16)12-14-6-4-3-5-7-14/h3-8,10H,2,9,11-13H2,1H3. The second kappa shape index (κ2) is 8.47. The average molecular weight is 390 g/mol. The van der Waals surface area contributed by atoms with Gasteiger partial charge in [0.15, 0.2) is 0 Å². The first-order valence-electron chi connectivity index (χ1n) is 8.52. The van der Waals surface area contributed by atoms with Crippen molar-refractivity contribution in [1.29, 1.82) is 0 Å². The van der Waals surface area contributed by atoms with Gasteiger partial charge in [0.2, 0.25) is 5.91 Å². The van der Waals surface area contributed by atoms with Crippen LogP contribution in [0.2, 0.25) is 4.34 Å². The average Bonchev–Trinajstić information content (AvgIpc) is 3.07. The molecule has 0 spiro atoms. The highest BCUT2D eigenvalue weighted by Gasteiger charge is 2.27. The molecule has 3 rings (SSSR count). The summed E-state index contributed by atoms with van der Waals surface area (Å²) in [5.41, 5.74) is 1.42. The highest BCUT2D eigenvalue weighted by molar-refractivity contribution is 7.16. The van der Waals surface area contributed by atoms with Gasteiger partial charge in [-0.25, -0.2) is 5.01 Å². The highest BCUT2D eigenvalue weighted by atomic mass is 35.5. The number of hydrogen-bond acceptors (Lipinski definition) is 4. The van der Waals surface area contributed by atoms with Crippen LogP contribution in [0.5, 0.6) is 0 Å². The molecule has 1 aromatic heterocycles. The lowest BCUT2D eigenvalue weighted by atomic mass is 10.1. The summed E-state index contributed by atoms with van der Waals surface area (Å²) in [4.78, 5) is 27.8. The van der Waals surface area contributed by atoms with Gasteiger partial charge in [-0.1, -0.05) is 41.9 Å². The van der Waals surface area contributed by atoms with Crippen LogP contribution in [0.3, 0.4) is 0 Å². The molecular weight excluding hydrogens is 370 g/mol. The van der Waals surface area contributed by atoms with Gasteiger partial charge in [0.05, 0.1) is 17.4 Å². The molecule has 2 amide bonds. The molecule has 26 heavy (non-hydrogen) atoms. The molecule has 1 aliphatic rings. The van der Waals surface area contributed by atoms with Gasteiger partial charge < -0.3 is 4.90 Å². The fraction of sp³-hybridized carbons (Fsp3) is 0.316. The minimum atomic E-state index is -0.123. The number of benzene rings is 1. The number of carbonyl (C=O) groups is 2. The molecule has 0 atom stereocenters. The van der Waals surface area contributed by atoms with Crippen molar-refractivity contribution >= 4 is 40.5 Å². The molecule has 0 saturated heterocycles. The molecule has 5 nitrogen and oxygen atoms in total. The van der Waals surface area contributed by atoms with Crippen molar-refractivity contribution < 1.29 is 9.59 Å². The Kier molecular flexibility index (Phi) is 6.06. The van der Waals surface area contributed by atoms with Crippen LogP contribution in [0, 0.1) is 0 Å². The van der Waals surface area contributed by atoms with Gasteiger partial charge >= 0.3 is 0 Å². The van der Waals surface area contributed by atoms with Gasteiger partial charge in [-0.15, -0.1) is 11.3 Å². The number of amides is 2. The first kappa shape index (κ1) is 18.6. The summed E-state index contributed by atoms with van der Waals surface area (Å²) in [6.45, 7) is 3.38. The van der Waals surface area contributed by atoms with Gasteiger partial charge in [-0.05, 0) is 24.6 Å². The van der Waals surface area contributed by atoms with Crippen LogP contribution in [0.15, 0.2) is 47.6 Å². The molecule has 7 heteroatoms. The maximum atomic E-state index is 12.9. The van der Waals surface area contributed by atoms with E-state index in [1.807, 2.05) is 49.4 Å². The molecule has 136 valence electrons. The van der Waals surface area contributed by atoms with Crippen LogP contribution in [-0.2, 0) is 22.7 Å². The third-order valence-electron chi connectivity index (χ3n) is 4.17. The Hall–Kier alpha value is -2.18. The van der Waals surface area contributed by atoms with Crippen LogP contribution >= 0.6 is 22.9 Å². The lowest BCUT2D eigenvalue weighted by Gasteiger charge is -2.26. The number of rotatable bonds is 6. The van der Waals surface area contributed by atoms with E-state index in [9.17, 15) is 9.59 Å². The molecule has 0 unspecified atom stereocenters. The monoisotopic (exact) mass is 389 g/mol. The molecule has 0 aliphatic carbocycles. The zero-order chi connectivity index (χ0) is 18.5. The number of halogens is 1. The van der Waals surface area contributed by atoms with Crippen molar-refractivity contribution in [2.75, 3.05) is 6.54 Å². The molecule has 1 aromatic carbocycles. The first-order chi connectivity index (χ1) is 12.6. The van der Waals surface area contributed by atoms with E-state index in [1.165, 1.54) is 16.3 Å². The Morgan fingerprint density at radius 3 is 2.65 bits per heavy atom. The molecule has 1 aliphatic heterocycles. The first-order valence-corrected chi connectivity index (χ1v) is 9.71. The van der Waals surface area contributed by atoms with E-state index in [-0.39, 0.29) is 11.8 Å². The lowest BCUT2D eigenvalue weighted by molar-refractivity contribution is -0.132. The summed E-state index contributed by atoms with van der Waals surface area (Å²) in [6, 6.07) is 13.4. The van der Waals surface area contributed by atoms with Crippen molar-refractivity contribution in [1.82, 2.24) is 9.91 Å². The largest absolute Gasteiger partial charge is 0.333 e. The molecule has 0 N–H and O–H groups in total. The Morgan fingerprint density at radius 2 is 2.00 bits per heavy atom. The van der Waals surface area contributed by atoms with Gasteiger partial charge in [-0.3, -0.25) is 9.59 Å². The van der Waals surface area contributed by atoms with E-state index in [2.05, 4.69) is 5.10 Å². The Balaban J connectivity index is 1.74. The molecule has 0 saturated carbocycles. The fourth-order valence-corrected chi connectivity index (χ4v) is 3.87. The van der Waals surface area contributed by atoms with E-state index in [0.717, 1.165) is 10.4 Å². The minimum Gasteiger partial charge on any atom is -0.333 e. The quantitative estimate of drug-likeness (QED) is 0.751. The molecular formula is C19H20ClN3O2S. The van der Waals surface area contributed by atoms with Crippen molar-refractivity contribution in [3.8, 4) is 0 Å². The number of hydrogen-bond donors (Lipinski definition) is 0. The number of thiophene rings is 1. The molecule has 0 radical (unpaired) electrons. The summed E-state index contributed by atoms with van der Waals surface area (Å²) in [5, 5.41) is 5.76. The summed E-state index contributed by atoms with van der Waals surface area (Å²) in [5.74, 6) is -0.180. The maximum absolute atomic E-state index is 12.9. The summed E-state index contributed by atoms with van der Waals surface area (Å²) < 4.78 is 0.707. The van der Waals surface area contributed by atoms with Crippen LogP contribution in [0.4, 0.5) is 0 Å². The molecule has 0 bridgehead atoms. The predicted molar refractivity (Wildman–Crippen MR) is 104 cm³/mol. The van der Waals surface area contributed by atoms with Crippen LogP contribution in [0.25, 0.3) is 0 Å². The van der Waals surface area contributed by atoms with Gasteiger partial charge in [0.25, 0.3) is 5.91 Å². The lowest BCUT2D eigenvalue weighted by Crippen LogP contribution is -2.40. The van der Waals surface area contributed by atoms with Crippen molar-refractivity contribution in [2.45, 2.75) is 32.9 Å². The van der Waals surface area contributed by atoms with Gasteiger partial charge in [0.1, 0.15) is 5.71 Å². The summed E-state index contributed by atoms with van der Waals surface area (Å²) >= 11 is 7.44. The Bertz CT molecular complexity index is 819. The Morgan fingerprint density at radius 1 is 1.23 bits per heavy atom. The van der Waals surface area contributed by atoms with Gasteiger partial charge in [0, 0.05) is 24.3 Å². The minimum absolute atomic E-state index is 0.0570. The van der Waals surface area contributed by atoms with E-state index < -0.39 is 0 Å². The second-order valence-corrected chi connectivity index (χ2v) is 7.81. The molecule has 0 fully saturated rings. The van der Waals surface area contributed by atoms with E-state index in [4.69, 9.17) is 11.6 Å². The normalized spacial score (nSPS) is 14.3. The molecule has 2 aromatic rings. The number of nitrogens with zero attached hydrogens (tertiary/aromatic N) is 3. The zero-order valence-electron chi connectivity index (χ0n) is 14.5. The fourth-order valence-electron chi connectivity index (χ4n) is 2.77. The Labute approximate surface area is 161 Å². The maximum Gasteiger partial charge on any atom is 0.270 e. The smallest absolute Gasteiger partial charge is 0.270 e. The topological polar surface area (TPSA) is 53.0 Å². The third-order valence-corrected chi connectivity index (χ3v) is 5.39. The van der Waals surface area contributed by atoms with Crippen LogP contribution < -0.4 is 0 Å².